The number of alkyl carbamates (subject to hydrolysis) is 1. The fraction of sp³-hybridized carbons (Fsp3) is 0.412. The molecule has 0 radical (unpaired) electrons. The smallest absolute Gasteiger partial charge is 0.408 e. The Kier molecular flexibility index (Phi) is 8.62. The number of benzene rings is 1. The van der Waals surface area contributed by atoms with E-state index in [0.717, 1.165) is 5.56 Å². The van der Waals surface area contributed by atoms with Gasteiger partial charge in [-0.15, -0.1) is 0 Å². The Hall–Kier alpha value is -3.10. The highest BCUT2D eigenvalue weighted by molar-refractivity contribution is 5.90. The monoisotopic (exact) mass is 365 g/mol. The molecule has 0 fully saturated rings. The topological polar surface area (TPSA) is 134 Å². The minimum absolute atomic E-state index is 0.0662. The van der Waals surface area contributed by atoms with Crippen molar-refractivity contribution in [3.05, 3.63) is 35.9 Å². The highest BCUT2D eigenvalue weighted by Crippen LogP contribution is 2.04. The summed E-state index contributed by atoms with van der Waals surface area (Å²) < 4.78 is 5.07. The molecular weight excluding hydrogens is 342 g/mol. The Morgan fingerprint density at radius 2 is 1.69 bits per heavy atom. The molecule has 0 aliphatic rings. The summed E-state index contributed by atoms with van der Waals surface area (Å²) in [6.07, 6.45) is -0.752. The number of amides is 3. The van der Waals surface area contributed by atoms with Crippen LogP contribution in [0.15, 0.2) is 30.3 Å². The van der Waals surface area contributed by atoms with E-state index < -0.39 is 43.0 Å². The zero-order valence-electron chi connectivity index (χ0n) is 14.7. The maximum Gasteiger partial charge on any atom is 0.408 e. The summed E-state index contributed by atoms with van der Waals surface area (Å²) >= 11 is 0. The number of carbonyl (C=O) groups is 4. The summed E-state index contributed by atoms with van der Waals surface area (Å²) in [7, 11) is 0. The predicted octanol–water partition coefficient (Wildman–Crippen LogP) is 0.254. The molecule has 0 aromatic heterocycles. The van der Waals surface area contributed by atoms with Crippen molar-refractivity contribution in [2.45, 2.75) is 26.5 Å². The summed E-state index contributed by atoms with van der Waals surface area (Å²) in [5.41, 5.74) is 0.809. The number of carboxylic acids is 1. The lowest BCUT2D eigenvalue weighted by atomic mass is 10.0. The molecule has 0 aliphatic carbocycles. The number of carboxylic acid groups (broad SMARTS) is 1. The minimum Gasteiger partial charge on any atom is -0.480 e. The molecule has 26 heavy (non-hydrogen) atoms. The van der Waals surface area contributed by atoms with E-state index in [1.54, 1.807) is 26.0 Å². The van der Waals surface area contributed by atoms with Crippen LogP contribution in [0.1, 0.15) is 19.4 Å². The molecule has 0 unspecified atom stereocenters. The number of carbonyl (C=O) groups excluding carboxylic acids is 3. The standard InChI is InChI=1S/C17H23N3O6/c1-11(2)15(16(24)19-8-13(21)18-9-14(22)23)20-17(25)26-10-12-6-4-3-5-7-12/h3-7,11,15H,8-10H2,1-2H3,(H,18,21)(H,19,24)(H,20,25)(H,22,23)/t15-/m0/s1. The Balaban J connectivity index is 2.45. The molecule has 1 aromatic rings. The SMILES string of the molecule is CC(C)[C@H](NC(=O)OCc1ccccc1)C(=O)NCC(=O)NCC(=O)O. The lowest BCUT2D eigenvalue weighted by molar-refractivity contribution is -0.137. The zero-order chi connectivity index (χ0) is 19.5. The molecule has 9 nitrogen and oxygen atoms in total. The zero-order valence-corrected chi connectivity index (χ0v) is 14.7. The second kappa shape index (κ2) is 10.7. The third kappa shape index (κ3) is 8.13. The Morgan fingerprint density at radius 1 is 1.04 bits per heavy atom. The lowest BCUT2D eigenvalue weighted by Gasteiger charge is -2.21. The molecule has 0 aliphatic heterocycles. The van der Waals surface area contributed by atoms with E-state index in [1.807, 2.05) is 18.2 Å². The molecule has 3 amide bonds. The molecule has 0 saturated carbocycles. The summed E-state index contributed by atoms with van der Waals surface area (Å²) in [4.78, 5) is 45.8. The number of nitrogens with one attached hydrogen (secondary N) is 3. The maximum absolute atomic E-state index is 12.2. The Morgan fingerprint density at radius 3 is 2.27 bits per heavy atom. The first-order chi connectivity index (χ1) is 12.3. The van der Waals surface area contributed by atoms with Crippen LogP contribution >= 0.6 is 0 Å². The van der Waals surface area contributed by atoms with E-state index in [-0.39, 0.29) is 12.5 Å². The first-order valence-electron chi connectivity index (χ1n) is 8.03. The molecule has 0 bridgehead atoms. The van der Waals surface area contributed by atoms with Crippen LogP contribution in [0.3, 0.4) is 0 Å². The molecule has 0 spiro atoms. The third-order valence-electron chi connectivity index (χ3n) is 3.30. The fourth-order valence-electron chi connectivity index (χ4n) is 1.94. The predicted molar refractivity (Wildman–Crippen MR) is 92.0 cm³/mol. The van der Waals surface area contributed by atoms with Gasteiger partial charge in [0.2, 0.25) is 11.8 Å². The number of aliphatic carboxylic acids is 1. The van der Waals surface area contributed by atoms with Gasteiger partial charge in [-0.1, -0.05) is 44.2 Å². The third-order valence-corrected chi connectivity index (χ3v) is 3.30. The summed E-state index contributed by atoms with van der Waals surface area (Å²) in [6, 6.07) is 8.18. The Bertz CT molecular complexity index is 633. The molecule has 9 heteroatoms. The molecule has 1 atom stereocenters. The van der Waals surface area contributed by atoms with Gasteiger partial charge in [0.05, 0.1) is 6.54 Å². The largest absolute Gasteiger partial charge is 0.480 e. The molecule has 142 valence electrons. The molecule has 0 heterocycles. The number of hydrogen-bond donors (Lipinski definition) is 4. The van der Waals surface area contributed by atoms with E-state index in [0.29, 0.717) is 0 Å². The van der Waals surface area contributed by atoms with Crippen molar-refractivity contribution in [1.29, 1.82) is 0 Å². The van der Waals surface area contributed by atoms with Crippen LogP contribution < -0.4 is 16.0 Å². The average Bonchev–Trinajstić information content (AvgIpc) is 2.61. The second-order valence-corrected chi connectivity index (χ2v) is 5.82. The van der Waals surface area contributed by atoms with E-state index >= 15 is 0 Å². The molecular formula is C17H23N3O6. The van der Waals surface area contributed by atoms with Crippen LogP contribution in [-0.2, 0) is 25.7 Å². The quantitative estimate of drug-likeness (QED) is 0.496. The van der Waals surface area contributed by atoms with E-state index in [4.69, 9.17) is 9.84 Å². The lowest BCUT2D eigenvalue weighted by Crippen LogP contribution is -2.51. The van der Waals surface area contributed by atoms with Gasteiger partial charge in [-0.3, -0.25) is 14.4 Å². The van der Waals surface area contributed by atoms with Gasteiger partial charge in [-0.2, -0.15) is 0 Å². The van der Waals surface area contributed by atoms with Crippen molar-refractivity contribution in [2.75, 3.05) is 13.1 Å². The molecule has 0 saturated heterocycles. The van der Waals surface area contributed by atoms with Gasteiger partial charge in [0.15, 0.2) is 0 Å². The van der Waals surface area contributed by atoms with Crippen molar-refractivity contribution in [1.82, 2.24) is 16.0 Å². The van der Waals surface area contributed by atoms with Gasteiger partial charge in [-0.25, -0.2) is 4.79 Å². The van der Waals surface area contributed by atoms with Crippen molar-refractivity contribution in [3.63, 3.8) is 0 Å². The van der Waals surface area contributed by atoms with Crippen molar-refractivity contribution >= 4 is 23.9 Å². The van der Waals surface area contributed by atoms with Crippen LogP contribution in [0.2, 0.25) is 0 Å². The van der Waals surface area contributed by atoms with E-state index in [9.17, 15) is 19.2 Å². The van der Waals surface area contributed by atoms with Crippen LogP contribution in [0.25, 0.3) is 0 Å². The summed E-state index contributed by atoms with van der Waals surface area (Å²) in [5, 5.41) is 15.4. The van der Waals surface area contributed by atoms with Gasteiger partial charge in [-0.05, 0) is 11.5 Å². The molecule has 4 N–H and O–H groups in total. The van der Waals surface area contributed by atoms with E-state index in [2.05, 4.69) is 16.0 Å². The number of ether oxygens (including phenoxy) is 1. The summed E-state index contributed by atoms with van der Waals surface area (Å²) in [6.45, 7) is 2.59. The molecule has 1 rings (SSSR count). The van der Waals surface area contributed by atoms with Crippen LogP contribution in [-0.4, -0.2) is 48.1 Å². The number of rotatable bonds is 9. The highest BCUT2D eigenvalue weighted by Gasteiger charge is 2.25. The van der Waals surface area contributed by atoms with Crippen LogP contribution in [0, 0.1) is 5.92 Å². The van der Waals surface area contributed by atoms with Gasteiger partial charge < -0.3 is 25.8 Å². The number of hydrogen-bond acceptors (Lipinski definition) is 5. The van der Waals surface area contributed by atoms with Gasteiger partial charge in [0.25, 0.3) is 0 Å². The van der Waals surface area contributed by atoms with Crippen molar-refractivity contribution < 1.29 is 29.0 Å². The Labute approximate surface area is 151 Å². The van der Waals surface area contributed by atoms with Crippen molar-refractivity contribution in [2.24, 2.45) is 5.92 Å². The summed E-state index contributed by atoms with van der Waals surface area (Å²) in [5.74, 6) is -2.65. The highest BCUT2D eigenvalue weighted by atomic mass is 16.5. The van der Waals surface area contributed by atoms with Crippen LogP contribution in [0.5, 0.6) is 0 Å². The first kappa shape index (κ1) is 20.9. The second-order valence-electron chi connectivity index (χ2n) is 5.82. The van der Waals surface area contributed by atoms with Crippen LogP contribution in [0.4, 0.5) is 4.79 Å². The maximum atomic E-state index is 12.2. The van der Waals surface area contributed by atoms with Crippen molar-refractivity contribution in [3.8, 4) is 0 Å². The normalized spacial score (nSPS) is 11.3. The first-order valence-corrected chi connectivity index (χ1v) is 8.03. The minimum atomic E-state index is -1.19. The fourth-order valence-corrected chi connectivity index (χ4v) is 1.94. The van der Waals surface area contributed by atoms with Gasteiger partial charge >= 0.3 is 12.1 Å². The van der Waals surface area contributed by atoms with E-state index in [1.165, 1.54) is 0 Å². The van der Waals surface area contributed by atoms with Gasteiger partial charge in [0.1, 0.15) is 19.2 Å². The molecule has 1 aromatic carbocycles. The van der Waals surface area contributed by atoms with Gasteiger partial charge in [0, 0.05) is 0 Å². The average molecular weight is 365 g/mol.